The second kappa shape index (κ2) is 10.4. The summed E-state index contributed by atoms with van der Waals surface area (Å²) in [6.07, 6.45) is 0.552. The number of halogens is 2. The Bertz CT molecular complexity index is 767. The monoisotopic (exact) mass is 376 g/mol. The molecule has 0 atom stereocenters. The molecule has 0 fully saturated rings. The fraction of sp³-hybridized carbons (Fsp3) is 0.263. The topological polar surface area (TPSA) is 65.5 Å². The number of aliphatic imine (C=N–C) groups is 1. The fourth-order valence-corrected chi connectivity index (χ4v) is 2.56. The number of hydrogen-bond donors (Lipinski definition) is 3. The molecule has 2 rings (SSSR count). The zero-order chi connectivity index (χ0) is 18.8. The number of carbonyl (C=O) groups excluding carboxylic acids is 1. The van der Waals surface area contributed by atoms with Crippen molar-refractivity contribution in [1.29, 1.82) is 0 Å². The minimum atomic E-state index is -0.222. The Morgan fingerprint density at radius 2 is 1.65 bits per heavy atom. The highest BCUT2D eigenvalue weighted by molar-refractivity contribution is 6.33. The van der Waals surface area contributed by atoms with Crippen molar-refractivity contribution in [2.75, 3.05) is 26.7 Å². The lowest BCUT2D eigenvalue weighted by Crippen LogP contribution is -2.42. The molecule has 1 amide bonds. The van der Waals surface area contributed by atoms with E-state index >= 15 is 0 Å². The number of rotatable bonds is 7. The van der Waals surface area contributed by atoms with Gasteiger partial charge in [0.05, 0.1) is 10.6 Å². The molecule has 7 heteroatoms. The van der Waals surface area contributed by atoms with Crippen molar-refractivity contribution in [2.24, 2.45) is 4.99 Å². The Hall–Kier alpha value is -2.60. The average molecular weight is 377 g/mol. The molecule has 26 heavy (non-hydrogen) atoms. The zero-order valence-corrected chi connectivity index (χ0v) is 15.3. The van der Waals surface area contributed by atoms with Gasteiger partial charge in [0.1, 0.15) is 5.82 Å². The Morgan fingerprint density at radius 1 is 1.00 bits per heavy atom. The molecule has 138 valence electrons. The van der Waals surface area contributed by atoms with Gasteiger partial charge in [0, 0.05) is 26.7 Å². The third kappa shape index (κ3) is 6.04. The van der Waals surface area contributed by atoms with E-state index in [1.165, 1.54) is 6.07 Å². The lowest BCUT2D eigenvalue weighted by Gasteiger charge is -2.13. The lowest BCUT2D eigenvalue weighted by molar-refractivity contribution is 0.0954. The first-order valence-electron chi connectivity index (χ1n) is 8.32. The van der Waals surface area contributed by atoms with Crippen LogP contribution < -0.4 is 16.0 Å². The second-order valence-electron chi connectivity index (χ2n) is 5.50. The van der Waals surface area contributed by atoms with E-state index in [9.17, 15) is 9.18 Å². The van der Waals surface area contributed by atoms with Crippen LogP contribution in [0.15, 0.2) is 53.5 Å². The molecule has 0 aliphatic rings. The van der Waals surface area contributed by atoms with Gasteiger partial charge >= 0.3 is 0 Å². The molecule has 3 N–H and O–H groups in total. The molecule has 0 spiro atoms. The number of benzene rings is 2. The van der Waals surface area contributed by atoms with Crippen LogP contribution in [-0.4, -0.2) is 38.5 Å². The first-order chi connectivity index (χ1) is 12.6. The van der Waals surface area contributed by atoms with E-state index in [1.807, 2.05) is 6.07 Å². The van der Waals surface area contributed by atoms with Crippen LogP contribution in [0.1, 0.15) is 15.9 Å². The fourth-order valence-electron chi connectivity index (χ4n) is 2.33. The summed E-state index contributed by atoms with van der Waals surface area (Å²) in [5.74, 6) is 0.160. The minimum absolute atomic E-state index is 0.209. The number of carbonyl (C=O) groups is 1. The molecule has 5 nitrogen and oxygen atoms in total. The first kappa shape index (κ1) is 19.7. The third-order valence-corrected chi connectivity index (χ3v) is 4.02. The van der Waals surface area contributed by atoms with Gasteiger partial charge < -0.3 is 16.0 Å². The van der Waals surface area contributed by atoms with Crippen LogP contribution in [0.3, 0.4) is 0 Å². The van der Waals surface area contributed by atoms with Crippen LogP contribution in [0.2, 0.25) is 5.02 Å². The summed E-state index contributed by atoms with van der Waals surface area (Å²) in [5, 5.41) is 9.41. The van der Waals surface area contributed by atoms with E-state index in [0.717, 1.165) is 0 Å². The van der Waals surface area contributed by atoms with Gasteiger partial charge in [-0.3, -0.25) is 9.79 Å². The Kier molecular flexibility index (Phi) is 7.89. The number of nitrogens with zero attached hydrogens (tertiary/aromatic N) is 1. The molecule has 0 saturated carbocycles. The van der Waals surface area contributed by atoms with E-state index in [0.29, 0.717) is 48.2 Å². The summed E-state index contributed by atoms with van der Waals surface area (Å²) in [6.45, 7) is 1.46. The van der Waals surface area contributed by atoms with Gasteiger partial charge in [-0.2, -0.15) is 0 Å². The molecule has 0 saturated heterocycles. The highest BCUT2D eigenvalue weighted by atomic mass is 35.5. The van der Waals surface area contributed by atoms with E-state index in [-0.39, 0.29) is 11.7 Å². The van der Waals surface area contributed by atoms with Crippen molar-refractivity contribution in [1.82, 2.24) is 16.0 Å². The van der Waals surface area contributed by atoms with Gasteiger partial charge in [0.2, 0.25) is 0 Å². The predicted molar refractivity (Wildman–Crippen MR) is 103 cm³/mol. The molecule has 0 bridgehead atoms. The molecular weight excluding hydrogens is 355 g/mol. The predicted octanol–water partition coefficient (Wildman–Crippen LogP) is 2.62. The highest BCUT2D eigenvalue weighted by Crippen LogP contribution is 2.14. The van der Waals surface area contributed by atoms with E-state index in [4.69, 9.17) is 11.6 Å². The minimum Gasteiger partial charge on any atom is -0.356 e. The summed E-state index contributed by atoms with van der Waals surface area (Å²) in [6, 6.07) is 13.6. The van der Waals surface area contributed by atoms with E-state index < -0.39 is 0 Å². The molecular formula is C19H22ClFN4O. The van der Waals surface area contributed by atoms with Crippen LogP contribution >= 0.6 is 11.6 Å². The maximum Gasteiger partial charge on any atom is 0.252 e. The molecule has 0 aliphatic heterocycles. The van der Waals surface area contributed by atoms with Gasteiger partial charge in [-0.1, -0.05) is 41.9 Å². The zero-order valence-electron chi connectivity index (χ0n) is 14.6. The SMILES string of the molecule is CN=C(NCCNC(=O)c1ccccc1Cl)NCCc1ccccc1F. The molecule has 0 aliphatic carbocycles. The van der Waals surface area contributed by atoms with Gasteiger partial charge in [0.25, 0.3) is 5.91 Å². The van der Waals surface area contributed by atoms with Crippen molar-refractivity contribution in [2.45, 2.75) is 6.42 Å². The van der Waals surface area contributed by atoms with E-state index in [1.54, 1.807) is 43.4 Å². The summed E-state index contributed by atoms with van der Waals surface area (Å²) in [5.41, 5.74) is 1.10. The van der Waals surface area contributed by atoms with Gasteiger partial charge in [0.15, 0.2) is 5.96 Å². The molecule has 0 heterocycles. The van der Waals surface area contributed by atoms with Crippen molar-refractivity contribution in [3.05, 3.63) is 70.5 Å². The quantitative estimate of drug-likeness (QED) is 0.395. The number of nitrogens with one attached hydrogen (secondary N) is 3. The number of hydrogen-bond acceptors (Lipinski definition) is 2. The van der Waals surface area contributed by atoms with Gasteiger partial charge in [-0.25, -0.2) is 4.39 Å². The first-order valence-corrected chi connectivity index (χ1v) is 8.70. The van der Waals surface area contributed by atoms with E-state index in [2.05, 4.69) is 20.9 Å². The van der Waals surface area contributed by atoms with Crippen LogP contribution in [0.25, 0.3) is 0 Å². The molecule has 0 aromatic heterocycles. The third-order valence-electron chi connectivity index (χ3n) is 3.69. The summed E-state index contributed by atoms with van der Waals surface area (Å²) in [4.78, 5) is 16.1. The second-order valence-corrected chi connectivity index (χ2v) is 5.91. The molecule has 0 unspecified atom stereocenters. The number of guanidine groups is 1. The smallest absolute Gasteiger partial charge is 0.252 e. The largest absolute Gasteiger partial charge is 0.356 e. The van der Waals surface area contributed by atoms with Crippen LogP contribution in [0, 0.1) is 5.82 Å². The van der Waals surface area contributed by atoms with Gasteiger partial charge in [-0.05, 0) is 30.2 Å². The molecule has 0 radical (unpaired) electrons. The standard InChI is InChI=1S/C19H22ClFN4O/c1-22-19(24-11-10-14-6-2-5-9-17(14)21)25-13-12-23-18(26)15-7-3-4-8-16(15)20/h2-9H,10-13H2,1H3,(H,23,26)(H2,22,24,25). The van der Waals surface area contributed by atoms with Crippen molar-refractivity contribution in [3.63, 3.8) is 0 Å². The van der Waals surface area contributed by atoms with Crippen molar-refractivity contribution < 1.29 is 9.18 Å². The number of amides is 1. The maximum atomic E-state index is 13.6. The van der Waals surface area contributed by atoms with Crippen molar-refractivity contribution in [3.8, 4) is 0 Å². The van der Waals surface area contributed by atoms with Crippen LogP contribution in [0.4, 0.5) is 4.39 Å². The van der Waals surface area contributed by atoms with Crippen LogP contribution in [-0.2, 0) is 6.42 Å². The lowest BCUT2D eigenvalue weighted by atomic mass is 10.1. The maximum absolute atomic E-state index is 13.6. The Morgan fingerprint density at radius 3 is 2.38 bits per heavy atom. The molecule has 2 aromatic rings. The summed E-state index contributed by atoms with van der Waals surface area (Å²) in [7, 11) is 1.65. The summed E-state index contributed by atoms with van der Waals surface area (Å²) < 4.78 is 13.6. The highest BCUT2D eigenvalue weighted by Gasteiger charge is 2.08. The molecule has 2 aromatic carbocycles. The van der Waals surface area contributed by atoms with Gasteiger partial charge in [-0.15, -0.1) is 0 Å². The normalized spacial score (nSPS) is 11.1. The average Bonchev–Trinajstić information content (AvgIpc) is 2.65. The Labute approximate surface area is 157 Å². The Balaban J connectivity index is 1.68. The summed E-state index contributed by atoms with van der Waals surface area (Å²) >= 11 is 5.99. The van der Waals surface area contributed by atoms with Crippen LogP contribution in [0.5, 0.6) is 0 Å². The van der Waals surface area contributed by atoms with Crippen molar-refractivity contribution >= 4 is 23.5 Å².